The van der Waals surface area contributed by atoms with E-state index in [9.17, 15) is 15.2 Å². The van der Waals surface area contributed by atoms with E-state index in [4.69, 9.17) is 4.74 Å². The summed E-state index contributed by atoms with van der Waals surface area (Å²) in [7, 11) is 0. The largest absolute Gasteiger partial charge is 0.507 e. The average molecular weight is 390 g/mol. The van der Waals surface area contributed by atoms with Gasteiger partial charge in [0.1, 0.15) is 23.1 Å². The zero-order valence-corrected chi connectivity index (χ0v) is 15.3. The molecule has 0 unspecified atom stereocenters. The van der Waals surface area contributed by atoms with E-state index in [-0.39, 0.29) is 17.2 Å². The van der Waals surface area contributed by atoms with E-state index in [1.807, 2.05) is 54.9 Å². The number of nitrogens with one attached hydrogen (secondary N) is 1. The minimum atomic E-state index is -0.577. The second kappa shape index (κ2) is 7.42. The summed E-state index contributed by atoms with van der Waals surface area (Å²) in [4.78, 5) is 20.1. The topological polar surface area (TPSA) is 104 Å². The van der Waals surface area contributed by atoms with Gasteiger partial charge in [-0.1, -0.05) is 12.1 Å². The molecule has 4 rings (SSSR count). The number of carbonyl (C=O) groups is 1. The molecule has 0 spiro atoms. The number of benzene rings is 1. The molecule has 4 aromatic rings. The number of hydrogen-bond donors (Lipinski definition) is 2. The number of fused-ring (bicyclic) bond motifs is 1. The number of hydrogen-bond acceptors (Lipinski definition) is 6. The Balaban J connectivity index is 1.54. The standard InChI is InChI=1S/C20H14N4O3S/c21-11-13(19-22-14-5-1-2-6-15(14)23-19)17(25)12-27-20(26)18-16(7-10-28-18)24-8-3-4-9-24/h1-10,25H,12H2,(H,22,23). The Morgan fingerprint density at radius 1 is 1.25 bits per heavy atom. The molecule has 0 aliphatic heterocycles. The van der Waals surface area contributed by atoms with E-state index in [1.54, 1.807) is 16.0 Å². The van der Waals surface area contributed by atoms with Crippen molar-refractivity contribution in [1.82, 2.24) is 14.5 Å². The van der Waals surface area contributed by atoms with Crippen LogP contribution < -0.4 is 0 Å². The minimum absolute atomic E-state index is 0.0687. The number of H-pyrrole nitrogens is 1. The molecule has 0 aliphatic carbocycles. The maximum Gasteiger partial charge on any atom is 0.350 e. The zero-order valence-electron chi connectivity index (χ0n) is 14.5. The summed E-state index contributed by atoms with van der Waals surface area (Å²) < 4.78 is 7.03. The van der Waals surface area contributed by atoms with Gasteiger partial charge in [-0.2, -0.15) is 5.26 Å². The van der Waals surface area contributed by atoms with E-state index in [1.165, 1.54) is 11.3 Å². The van der Waals surface area contributed by atoms with Crippen molar-refractivity contribution in [2.75, 3.05) is 6.61 Å². The highest BCUT2D eigenvalue weighted by Crippen LogP contribution is 2.23. The Morgan fingerprint density at radius 3 is 2.79 bits per heavy atom. The molecule has 0 atom stereocenters. The molecule has 138 valence electrons. The van der Waals surface area contributed by atoms with E-state index in [2.05, 4.69) is 9.97 Å². The van der Waals surface area contributed by atoms with Gasteiger partial charge in [0.15, 0.2) is 11.6 Å². The molecular formula is C20H14N4O3S. The van der Waals surface area contributed by atoms with E-state index < -0.39 is 12.6 Å². The second-order valence-corrected chi connectivity index (χ2v) is 6.75. The predicted molar refractivity (Wildman–Crippen MR) is 105 cm³/mol. The van der Waals surface area contributed by atoms with Crippen LogP contribution in [0.3, 0.4) is 0 Å². The third kappa shape index (κ3) is 3.26. The third-order valence-corrected chi connectivity index (χ3v) is 4.96. The monoisotopic (exact) mass is 390 g/mol. The number of imidazole rings is 1. The van der Waals surface area contributed by atoms with Crippen LogP contribution in [-0.2, 0) is 4.74 Å². The zero-order chi connectivity index (χ0) is 19.5. The number of nitriles is 1. The number of aliphatic hydroxyl groups excluding tert-OH is 1. The van der Waals surface area contributed by atoms with Crippen molar-refractivity contribution < 1.29 is 14.6 Å². The van der Waals surface area contributed by atoms with Gasteiger partial charge < -0.3 is 19.4 Å². The summed E-state index contributed by atoms with van der Waals surface area (Å²) in [6.45, 7) is -0.429. The van der Waals surface area contributed by atoms with Crippen molar-refractivity contribution in [1.29, 1.82) is 5.26 Å². The number of nitrogens with zero attached hydrogens (tertiary/aromatic N) is 3. The molecular weight excluding hydrogens is 376 g/mol. The maximum absolute atomic E-state index is 12.4. The van der Waals surface area contributed by atoms with Gasteiger partial charge in [-0.25, -0.2) is 9.78 Å². The molecule has 3 aromatic heterocycles. The van der Waals surface area contributed by atoms with Gasteiger partial charge in [-0.3, -0.25) is 0 Å². The van der Waals surface area contributed by atoms with Crippen molar-refractivity contribution in [2.24, 2.45) is 0 Å². The Bertz CT molecular complexity index is 1180. The molecule has 1 aromatic carbocycles. The normalized spacial score (nSPS) is 11.8. The summed E-state index contributed by atoms with van der Waals surface area (Å²) in [6.07, 6.45) is 3.65. The maximum atomic E-state index is 12.4. The molecule has 0 amide bonds. The number of aromatic nitrogens is 3. The number of esters is 1. The first-order valence-electron chi connectivity index (χ1n) is 8.32. The molecule has 0 saturated carbocycles. The van der Waals surface area contributed by atoms with Crippen LogP contribution in [0.5, 0.6) is 0 Å². The molecule has 0 bridgehead atoms. The van der Waals surface area contributed by atoms with E-state index in [0.29, 0.717) is 16.1 Å². The Kier molecular flexibility index (Phi) is 4.66. The fraction of sp³-hybridized carbons (Fsp3) is 0.0500. The summed E-state index contributed by atoms with van der Waals surface area (Å²) in [5.41, 5.74) is 2.04. The van der Waals surface area contributed by atoms with Crippen LogP contribution in [0.25, 0.3) is 22.3 Å². The van der Waals surface area contributed by atoms with Crippen molar-refractivity contribution in [2.45, 2.75) is 0 Å². The number of carbonyl (C=O) groups excluding carboxylic acids is 1. The quantitative estimate of drug-likeness (QED) is 0.304. The van der Waals surface area contributed by atoms with Gasteiger partial charge >= 0.3 is 5.97 Å². The van der Waals surface area contributed by atoms with Crippen LogP contribution in [0, 0.1) is 11.3 Å². The summed E-state index contributed by atoms with van der Waals surface area (Å²) in [5.74, 6) is -0.720. The number of aliphatic hydroxyl groups is 1. The van der Waals surface area contributed by atoms with Crippen molar-refractivity contribution in [3.8, 4) is 11.8 Å². The second-order valence-electron chi connectivity index (χ2n) is 5.84. The number of ether oxygens (including phenoxy) is 1. The van der Waals surface area contributed by atoms with E-state index in [0.717, 1.165) is 5.52 Å². The van der Waals surface area contributed by atoms with Crippen molar-refractivity contribution in [3.05, 3.63) is 76.7 Å². The predicted octanol–water partition coefficient (Wildman–Crippen LogP) is 4.06. The molecule has 28 heavy (non-hydrogen) atoms. The van der Waals surface area contributed by atoms with Crippen LogP contribution in [0.1, 0.15) is 15.5 Å². The Labute approximate surface area is 163 Å². The molecule has 0 radical (unpaired) electrons. The smallest absolute Gasteiger partial charge is 0.350 e. The lowest BCUT2D eigenvalue weighted by Gasteiger charge is -2.07. The fourth-order valence-corrected chi connectivity index (χ4v) is 3.53. The fourth-order valence-electron chi connectivity index (χ4n) is 2.75. The summed E-state index contributed by atoms with van der Waals surface area (Å²) >= 11 is 1.24. The SMILES string of the molecule is N#CC(=C(O)COC(=O)c1sccc1-n1cccc1)c1nc2ccccc2[nH]1. The number of rotatable bonds is 5. The van der Waals surface area contributed by atoms with Gasteiger partial charge in [-0.15, -0.1) is 11.3 Å². The molecule has 8 heteroatoms. The first-order chi connectivity index (χ1) is 13.7. The lowest BCUT2D eigenvalue weighted by molar-refractivity contribution is 0.0508. The molecule has 7 nitrogen and oxygen atoms in total. The van der Waals surface area contributed by atoms with Crippen molar-refractivity contribution in [3.63, 3.8) is 0 Å². The summed E-state index contributed by atoms with van der Waals surface area (Å²) in [5, 5.41) is 21.5. The number of allylic oxidation sites excluding steroid dienone is 1. The number of aromatic amines is 1. The van der Waals surface area contributed by atoms with Crippen LogP contribution in [0.4, 0.5) is 0 Å². The first-order valence-corrected chi connectivity index (χ1v) is 9.20. The highest BCUT2D eigenvalue weighted by molar-refractivity contribution is 7.12. The lowest BCUT2D eigenvalue weighted by Crippen LogP contribution is -2.10. The molecule has 0 saturated heterocycles. The average Bonchev–Trinajstić information content (AvgIpc) is 3.45. The molecule has 2 N–H and O–H groups in total. The minimum Gasteiger partial charge on any atom is -0.507 e. The van der Waals surface area contributed by atoms with Crippen LogP contribution in [-0.4, -0.2) is 32.2 Å². The Hall–Kier alpha value is -3.83. The lowest BCUT2D eigenvalue weighted by atomic mass is 10.2. The van der Waals surface area contributed by atoms with Gasteiger partial charge in [0, 0.05) is 12.4 Å². The van der Waals surface area contributed by atoms with Gasteiger partial charge in [-0.05, 0) is 35.7 Å². The third-order valence-electron chi connectivity index (χ3n) is 4.08. The molecule has 0 fully saturated rings. The molecule has 3 heterocycles. The van der Waals surface area contributed by atoms with E-state index >= 15 is 0 Å². The molecule has 0 aliphatic rings. The van der Waals surface area contributed by atoms with Gasteiger partial charge in [0.05, 0.1) is 16.7 Å². The van der Waals surface area contributed by atoms with Gasteiger partial charge in [0.25, 0.3) is 0 Å². The number of para-hydroxylation sites is 2. The highest BCUT2D eigenvalue weighted by Gasteiger charge is 2.19. The van der Waals surface area contributed by atoms with Crippen molar-refractivity contribution >= 4 is 33.9 Å². The van der Waals surface area contributed by atoms with Crippen LogP contribution in [0.15, 0.2) is 66.0 Å². The summed E-state index contributed by atoms with van der Waals surface area (Å²) in [6, 6.07) is 14.7. The van der Waals surface area contributed by atoms with Crippen LogP contribution in [0.2, 0.25) is 0 Å². The van der Waals surface area contributed by atoms with Crippen LogP contribution >= 0.6 is 11.3 Å². The highest BCUT2D eigenvalue weighted by atomic mass is 32.1. The first kappa shape index (κ1) is 17.6. The Morgan fingerprint density at radius 2 is 2.04 bits per heavy atom. The van der Waals surface area contributed by atoms with Gasteiger partial charge in [0.2, 0.25) is 0 Å². The number of thiophene rings is 1.